The van der Waals surface area contributed by atoms with Gasteiger partial charge in [-0.05, 0) is 44.9 Å². The highest BCUT2D eigenvalue weighted by Crippen LogP contribution is 2.31. The van der Waals surface area contributed by atoms with Gasteiger partial charge in [0.2, 0.25) is 0 Å². The van der Waals surface area contributed by atoms with Crippen molar-refractivity contribution in [2.45, 2.75) is 44.4 Å². The number of amides is 1. The van der Waals surface area contributed by atoms with E-state index in [1.165, 1.54) is 13.0 Å². The maximum atomic E-state index is 12.8. The molecule has 3 heterocycles. The summed E-state index contributed by atoms with van der Waals surface area (Å²) in [7, 11) is 0. The van der Waals surface area contributed by atoms with E-state index in [2.05, 4.69) is 10.3 Å². The minimum absolute atomic E-state index is 0.127. The number of hydrogen-bond acceptors (Lipinski definition) is 3. The highest BCUT2D eigenvalue weighted by Gasteiger charge is 2.39. The van der Waals surface area contributed by atoms with E-state index in [9.17, 15) is 18.0 Å². The molecule has 22 heavy (non-hydrogen) atoms. The van der Waals surface area contributed by atoms with Crippen molar-refractivity contribution >= 4 is 5.91 Å². The molecule has 2 fully saturated rings. The topological polar surface area (TPSA) is 45.2 Å². The molecule has 3 rings (SSSR count). The Morgan fingerprint density at radius 2 is 2.00 bits per heavy atom. The standard InChI is InChI=1S/C15H18F3N3O/c1-9-12(4-5-13(20-9)15(16,17)18)14(22)21-10-2-3-11(21)8-19-7-6-10/h4-5,10-11,19H,2-3,6-8H2,1H3. The molecular formula is C15H18F3N3O. The zero-order chi connectivity index (χ0) is 15.9. The Morgan fingerprint density at radius 3 is 2.68 bits per heavy atom. The van der Waals surface area contributed by atoms with E-state index in [1.54, 1.807) is 0 Å². The van der Waals surface area contributed by atoms with Gasteiger partial charge >= 0.3 is 6.18 Å². The van der Waals surface area contributed by atoms with Gasteiger partial charge in [-0.1, -0.05) is 0 Å². The molecule has 0 aromatic carbocycles. The van der Waals surface area contributed by atoms with Crippen molar-refractivity contribution in [3.63, 3.8) is 0 Å². The third-order valence-corrected chi connectivity index (χ3v) is 4.50. The number of nitrogens with zero attached hydrogens (tertiary/aromatic N) is 2. The van der Waals surface area contributed by atoms with E-state index in [-0.39, 0.29) is 29.2 Å². The van der Waals surface area contributed by atoms with Crippen LogP contribution < -0.4 is 5.32 Å². The second-order valence-corrected chi connectivity index (χ2v) is 5.92. The highest BCUT2D eigenvalue weighted by molar-refractivity contribution is 5.96. The minimum Gasteiger partial charge on any atom is -0.331 e. The van der Waals surface area contributed by atoms with Gasteiger partial charge in [0.25, 0.3) is 5.91 Å². The van der Waals surface area contributed by atoms with E-state index in [0.29, 0.717) is 0 Å². The van der Waals surface area contributed by atoms with Crippen molar-refractivity contribution in [1.29, 1.82) is 0 Å². The van der Waals surface area contributed by atoms with E-state index in [4.69, 9.17) is 0 Å². The lowest BCUT2D eigenvalue weighted by molar-refractivity contribution is -0.141. The number of nitrogens with one attached hydrogen (secondary N) is 1. The molecule has 120 valence electrons. The molecule has 0 aliphatic carbocycles. The van der Waals surface area contributed by atoms with Gasteiger partial charge in [-0.15, -0.1) is 0 Å². The van der Waals surface area contributed by atoms with Crippen LogP contribution in [0.15, 0.2) is 12.1 Å². The highest BCUT2D eigenvalue weighted by atomic mass is 19.4. The van der Waals surface area contributed by atoms with Crippen LogP contribution in [0.1, 0.15) is 41.0 Å². The maximum Gasteiger partial charge on any atom is 0.433 e. The van der Waals surface area contributed by atoms with Gasteiger partial charge in [-0.25, -0.2) is 4.98 Å². The molecule has 1 N–H and O–H groups in total. The number of pyridine rings is 1. The normalized spacial score (nSPS) is 25.2. The molecule has 1 amide bonds. The molecule has 4 nitrogen and oxygen atoms in total. The lowest BCUT2D eigenvalue weighted by atomic mass is 10.1. The van der Waals surface area contributed by atoms with Crippen molar-refractivity contribution < 1.29 is 18.0 Å². The monoisotopic (exact) mass is 313 g/mol. The van der Waals surface area contributed by atoms with Crippen molar-refractivity contribution in [2.24, 2.45) is 0 Å². The predicted molar refractivity (Wildman–Crippen MR) is 74.4 cm³/mol. The summed E-state index contributed by atoms with van der Waals surface area (Å²) in [6.07, 6.45) is -1.70. The average molecular weight is 313 g/mol. The summed E-state index contributed by atoms with van der Waals surface area (Å²) in [5.74, 6) is -0.199. The summed E-state index contributed by atoms with van der Waals surface area (Å²) in [4.78, 5) is 18.2. The molecule has 7 heteroatoms. The molecule has 0 spiro atoms. The molecule has 2 unspecified atom stereocenters. The van der Waals surface area contributed by atoms with Crippen molar-refractivity contribution in [3.05, 3.63) is 29.1 Å². The second-order valence-electron chi connectivity index (χ2n) is 5.92. The first kappa shape index (κ1) is 15.3. The Labute approximate surface area is 126 Å². The number of aryl methyl sites for hydroxylation is 1. The fraction of sp³-hybridized carbons (Fsp3) is 0.600. The summed E-state index contributed by atoms with van der Waals surface area (Å²) in [5, 5.41) is 3.30. The molecule has 0 saturated carbocycles. The van der Waals surface area contributed by atoms with Gasteiger partial charge < -0.3 is 10.2 Å². The van der Waals surface area contributed by atoms with Crippen LogP contribution in [0.4, 0.5) is 13.2 Å². The second kappa shape index (κ2) is 5.53. The zero-order valence-corrected chi connectivity index (χ0v) is 12.3. The SMILES string of the molecule is Cc1nc(C(F)(F)F)ccc1C(=O)N1C2CCNCC1CC2. The number of carbonyl (C=O) groups is 1. The van der Waals surface area contributed by atoms with E-state index < -0.39 is 11.9 Å². The Balaban J connectivity index is 1.89. The fourth-order valence-electron chi connectivity index (χ4n) is 3.40. The van der Waals surface area contributed by atoms with Crippen LogP contribution in [0.25, 0.3) is 0 Å². The number of rotatable bonds is 1. The Hall–Kier alpha value is -1.63. The third-order valence-electron chi connectivity index (χ3n) is 4.50. The van der Waals surface area contributed by atoms with Crippen molar-refractivity contribution in [1.82, 2.24) is 15.2 Å². The summed E-state index contributed by atoms with van der Waals surface area (Å²) < 4.78 is 38.0. The number of halogens is 3. The fourth-order valence-corrected chi connectivity index (χ4v) is 3.40. The minimum atomic E-state index is -4.49. The quantitative estimate of drug-likeness (QED) is 0.866. The number of carbonyl (C=O) groups excluding carboxylic acids is 1. The summed E-state index contributed by atoms with van der Waals surface area (Å²) >= 11 is 0. The molecule has 1 aromatic heterocycles. The molecule has 2 bridgehead atoms. The molecule has 2 saturated heterocycles. The lowest BCUT2D eigenvalue weighted by Crippen LogP contribution is -2.42. The van der Waals surface area contributed by atoms with Crippen LogP contribution in [-0.4, -0.2) is 41.0 Å². The van der Waals surface area contributed by atoms with Gasteiger partial charge in [-0.3, -0.25) is 4.79 Å². The van der Waals surface area contributed by atoms with Crippen LogP contribution in [0.2, 0.25) is 0 Å². The van der Waals surface area contributed by atoms with Gasteiger partial charge in [0.1, 0.15) is 5.69 Å². The average Bonchev–Trinajstić information content (AvgIpc) is 2.70. The van der Waals surface area contributed by atoms with Crippen molar-refractivity contribution in [3.8, 4) is 0 Å². The van der Waals surface area contributed by atoms with Gasteiger partial charge in [0.05, 0.1) is 11.3 Å². The van der Waals surface area contributed by atoms with Crippen molar-refractivity contribution in [2.75, 3.05) is 13.1 Å². The predicted octanol–water partition coefficient (Wildman–Crippen LogP) is 2.38. The molecule has 2 aliphatic heterocycles. The maximum absolute atomic E-state index is 12.8. The number of alkyl halides is 3. The van der Waals surface area contributed by atoms with Gasteiger partial charge in [0, 0.05) is 18.6 Å². The van der Waals surface area contributed by atoms with E-state index >= 15 is 0 Å². The van der Waals surface area contributed by atoms with E-state index in [1.807, 2.05) is 4.90 Å². The number of fused-ring (bicyclic) bond motifs is 2. The van der Waals surface area contributed by atoms with Crippen LogP contribution >= 0.6 is 0 Å². The number of aromatic nitrogens is 1. The summed E-state index contributed by atoms with van der Waals surface area (Å²) in [5.41, 5.74) is -0.551. The molecule has 2 aliphatic rings. The third kappa shape index (κ3) is 2.69. The lowest BCUT2D eigenvalue weighted by Gasteiger charge is -2.28. The molecule has 1 aromatic rings. The Morgan fingerprint density at radius 1 is 1.27 bits per heavy atom. The largest absolute Gasteiger partial charge is 0.433 e. The van der Waals surface area contributed by atoms with E-state index in [0.717, 1.165) is 38.4 Å². The van der Waals surface area contributed by atoms with Gasteiger partial charge in [-0.2, -0.15) is 13.2 Å². The smallest absolute Gasteiger partial charge is 0.331 e. The zero-order valence-electron chi connectivity index (χ0n) is 12.3. The van der Waals surface area contributed by atoms with Crippen LogP contribution in [0.3, 0.4) is 0 Å². The summed E-state index contributed by atoms with van der Waals surface area (Å²) in [6.45, 7) is 3.07. The number of hydrogen-bond donors (Lipinski definition) is 1. The first-order valence-corrected chi connectivity index (χ1v) is 7.46. The summed E-state index contributed by atoms with van der Waals surface area (Å²) in [6, 6.07) is 2.44. The molecule has 0 radical (unpaired) electrons. The first-order valence-electron chi connectivity index (χ1n) is 7.46. The Kier molecular flexibility index (Phi) is 3.84. The van der Waals surface area contributed by atoms with Crippen LogP contribution in [0.5, 0.6) is 0 Å². The van der Waals surface area contributed by atoms with Crippen LogP contribution in [-0.2, 0) is 6.18 Å². The molecular weight excluding hydrogens is 295 g/mol. The Bertz CT molecular complexity index is 574. The van der Waals surface area contributed by atoms with Gasteiger partial charge in [0.15, 0.2) is 0 Å². The van der Waals surface area contributed by atoms with Crippen LogP contribution in [0, 0.1) is 6.92 Å². The molecule has 2 atom stereocenters. The first-order chi connectivity index (χ1) is 10.4.